The van der Waals surface area contributed by atoms with E-state index in [1.807, 2.05) is 0 Å². The molecule has 0 amide bonds. The summed E-state index contributed by atoms with van der Waals surface area (Å²) >= 11 is 0. The van der Waals surface area contributed by atoms with Crippen LogP contribution >= 0.6 is 0 Å². The van der Waals surface area contributed by atoms with Crippen LogP contribution in [0.25, 0.3) is 0 Å². The van der Waals surface area contributed by atoms with Gasteiger partial charge in [0.1, 0.15) is 0 Å². The molecule has 0 atom stereocenters. The molecule has 3 nitrogen and oxygen atoms in total. The highest BCUT2D eigenvalue weighted by Gasteiger charge is 2.12. The number of aliphatic hydroxyl groups is 2. The number of aliphatic hydroxyl groups excluding tert-OH is 2. The van der Waals surface area contributed by atoms with Crippen LogP contribution in [0, 0.1) is 5.92 Å². The summed E-state index contributed by atoms with van der Waals surface area (Å²) in [5.74, 6) is 0.773. The van der Waals surface area contributed by atoms with E-state index in [-0.39, 0.29) is 13.2 Å². The Bertz CT molecular complexity index is 101. The number of rotatable bonds is 4. The molecular weight excluding hydrogens is 180 g/mol. The molecule has 1 rings (SSSR count). The molecule has 1 aliphatic rings. The van der Waals surface area contributed by atoms with Crippen molar-refractivity contribution >= 4 is 0 Å². The smallest absolute Gasteiger partial charge is 0.0697 e. The van der Waals surface area contributed by atoms with Crippen molar-refractivity contribution in [1.82, 2.24) is 0 Å². The van der Waals surface area contributed by atoms with E-state index in [0.29, 0.717) is 6.61 Å². The van der Waals surface area contributed by atoms with E-state index in [4.69, 9.17) is 14.9 Å². The number of ether oxygens (including phenoxy) is 1. The molecule has 0 unspecified atom stereocenters. The molecule has 0 spiro atoms. The zero-order chi connectivity index (χ0) is 10.6. The third-order valence-electron chi connectivity index (χ3n) is 2.31. The van der Waals surface area contributed by atoms with E-state index in [2.05, 4.69) is 0 Å². The Morgan fingerprint density at radius 3 is 2.21 bits per heavy atom. The van der Waals surface area contributed by atoms with Gasteiger partial charge in [-0.05, 0) is 25.7 Å². The zero-order valence-electron chi connectivity index (χ0n) is 9.24. The third kappa shape index (κ3) is 8.48. The monoisotopic (exact) mass is 204 g/mol. The molecule has 14 heavy (non-hydrogen) atoms. The van der Waals surface area contributed by atoms with Gasteiger partial charge in [0.05, 0.1) is 13.2 Å². The Morgan fingerprint density at radius 2 is 1.71 bits per heavy atom. The second-order valence-corrected chi connectivity index (χ2v) is 3.62. The van der Waals surface area contributed by atoms with Crippen LogP contribution in [-0.2, 0) is 4.74 Å². The molecule has 0 aromatic carbocycles. The Labute approximate surface area is 87.1 Å². The molecule has 0 aromatic heterocycles. The first kappa shape index (κ1) is 13.9. The minimum absolute atomic E-state index is 0.159. The molecule has 1 fully saturated rings. The highest BCUT2D eigenvalue weighted by Crippen LogP contribution is 2.23. The van der Waals surface area contributed by atoms with Crippen molar-refractivity contribution in [3.63, 3.8) is 0 Å². The van der Waals surface area contributed by atoms with Crippen LogP contribution in [0.4, 0.5) is 0 Å². The predicted octanol–water partition coefficient (Wildman–Crippen LogP) is 1.57. The summed E-state index contributed by atoms with van der Waals surface area (Å²) in [6.07, 6.45) is 6.79. The third-order valence-corrected chi connectivity index (χ3v) is 2.31. The SMILES string of the molecule is CCO.OCCOCC1CCCCC1. The fourth-order valence-corrected chi connectivity index (χ4v) is 1.67. The van der Waals surface area contributed by atoms with E-state index >= 15 is 0 Å². The summed E-state index contributed by atoms with van der Waals surface area (Å²) in [6, 6.07) is 0. The first-order chi connectivity index (χ1) is 6.85. The van der Waals surface area contributed by atoms with Crippen molar-refractivity contribution < 1.29 is 14.9 Å². The van der Waals surface area contributed by atoms with Gasteiger partial charge < -0.3 is 14.9 Å². The highest BCUT2D eigenvalue weighted by molar-refractivity contribution is 4.64. The summed E-state index contributed by atoms with van der Waals surface area (Å²) in [6.45, 7) is 3.46. The lowest BCUT2D eigenvalue weighted by Gasteiger charge is -2.20. The van der Waals surface area contributed by atoms with Gasteiger partial charge in [0.25, 0.3) is 0 Å². The molecule has 0 aliphatic heterocycles. The zero-order valence-corrected chi connectivity index (χ0v) is 9.24. The van der Waals surface area contributed by atoms with Crippen molar-refractivity contribution in [2.75, 3.05) is 26.4 Å². The topological polar surface area (TPSA) is 49.7 Å². The molecule has 1 saturated carbocycles. The van der Waals surface area contributed by atoms with Crippen molar-refractivity contribution in [1.29, 1.82) is 0 Å². The summed E-state index contributed by atoms with van der Waals surface area (Å²) in [5.41, 5.74) is 0. The van der Waals surface area contributed by atoms with Gasteiger partial charge >= 0.3 is 0 Å². The number of hydrogen-bond donors (Lipinski definition) is 2. The molecule has 1 aliphatic carbocycles. The fraction of sp³-hybridized carbons (Fsp3) is 1.00. The van der Waals surface area contributed by atoms with Crippen molar-refractivity contribution in [2.45, 2.75) is 39.0 Å². The molecule has 86 valence electrons. The molecule has 2 N–H and O–H groups in total. The van der Waals surface area contributed by atoms with Gasteiger partial charge in [-0.25, -0.2) is 0 Å². The van der Waals surface area contributed by atoms with Gasteiger partial charge in [-0.2, -0.15) is 0 Å². The van der Waals surface area contributed by atoms with Crippen molar-refractivity contribution in [2.24, 2.45) is 5.92 Å². The van der Waals surface area contributed by atoms with Crippen LogP contribution in [0.1, 0.15) is 39.0 Å². The quantitative estimate of drug-likeness (QED) is 0.683. The lowest BCUT2D eigenvalue weighted by Crippen LogP contribution is -2.14. The lowest BCUT2D eigenvalue weighted by molar-refractivity contribution is 0.0580. The summed E-state index contributed by atoms with van der Waals surface area (Å²) in [4.78, 5) is 0. The highest BCUT2D eigenvalue weighted by atomic mass is 16.5. The maximum atomic E-state index is 8.47. The molecule has 3 heteroatoms. The summed E-state index contributed by atoms with van der Waals surface area (Å²) in [7, 11) is 0. The van der Waals surface area contributed by atoms with E-state index in [1.165, 1.54) is 32.1 Å². The lowest BCUT2D eigenvalue weighted by atomic mass is 9.90. The Hall–Kier alpha value is -0.120. The second-order valence-electron chi connectivity index (χ2n) is 3.62. The van der Waals surface area contributed by atoms with Gasteiger partial charge in [-0.1, -0.05) is 19.3 Å². The maximum absolute atomic E-state index is 8.47. The van der Waals surface area contributed by atoms with Crippen LogP contribution in [0.15, 0.2) is 0 Å². The Balaban J connectivity index is 0.000000500. The molecule has 0 radical (unpaired) electrons. The average molecular weight is 204 g/mol. The molecular formula is C11H24O3. The van der Waals surface area contributed by atoms with Crippen LogP contribution in [0.5, 0.6) is 0 Å². The van der Waals surface area contributed by atoms with Crippen molar-refractivity contribution in [3.05, 3.63) is 0 Å². The minimum Gasteiger partial charge on any atom is -0.397 e. The van der Waals surface area contributed by atoms with Crippen LogP contribution in [0.3, 0.4) is 0 Å². The largest absolute Gasteiger partial charge is 0.397 e. The maximum Gasteiger partial charge on any atom is 0.0697 e. The first-order valence-electron chi connectivity index (χ1n) is 5.64. The first-order valence-corrected chi connectivity index (χ1v) is 5.64. The van der Waals surface area contributed by atoms with Gasteiger partial charge in [-0.15, -0.1) is 0 Å². The minimum atomic E-state index is 0.159. The normalized spacial score (nSPS) is 17.4. The molecule has 0 aromatic rings. The molecule has 0 bridgehead atoms. The Morgan fingerprint density at radius 1 is 1.14 bits per heavy atom. The van der Waals surface area contributed by atoms with Crippen molar-refractivity contribution in [3.8, 4) is 0 Å². The van der Waals surface area contributed by atoms with E-state index in [9.17, 15) is 0 Å². The predicted molar refractivity (Wildman–Crippen MR) is 57.2 cm³/mol. The second kappa shape index (κ2) is 11.0. The molecule has 0 saturated heterocycles. The summed E-state index contributed by atoms with van der Waals surface area (Å²) in [5, 5.41) is 16.0. The Kier molecular flexibility index (Phi) is 10.9. The number of hydrogen-bond acceptors (Lipinski definition) is 3. The summed E-state index contributed by atoms with van der Waals surface area (Å²) < 4.78 is 5.27. The fourth-order valence-electron chi connectivity index (χ4n) is 1.67. The van der Waals surface area contributed by atoms with Crippen LogP contribution in [-0.4, -0.2) is 36.6 Å². The van der Waals surface area contributed by atoms with E-state index in [1.54, 1.807) is 6.92 Å². The van der Waals surface area contributed by atoms with E-state index in [0.717, 1.165) is 12.5 Å². The average Bonchev–Trinajstić information content (AvgIpc) is 2.21. The van der Waals surface area contributed by atoms with Crippen LogP contribution < -0.4 is 0 Å². The molecule has 0 heterocycles. The van der Waals surface area contributed by atoms with Gasteiger partial charge in [0.15, 0.2) is 0 Å². The van der Waals surface area contributed by atoms with Crippen LogP contribution in [0.2, 0.25) is 0 Å². The van der Waals surface area contributed by atoms with E-state index < -0.39 is 0 Å². The standard InChI is InChI=1S/C9H18O2.C2H6O/c10-6-7-11-8-9-4-2-1-3-5-9;1-2-3/h9-10H,1-8H2;3H,2H2,1H3. The van der Waals surface area contributed by atoms with Gasteiger partial charge in [0, 0.05) is 13.2 Å². The van der Waals surface area contributed by atoms with Gasteiger partial charge in [0.2, 0.25) is 0 Å². The van der Waals surface area contributed by atoms with Gasteiger partial charge in [-0.3, -0.25) is 0 Å².